The summed E-state index contributed by atoms with van der Waals surface area (Å²) in [5.41, 5.74) is -0.207. The number of aromatic nitrogens is 1. The normalized spacial score (nSPS) is 12.1. The van der Waals surface area contributed by atoms with Crippen molar-refractivity contribution < 1.29 is 8.42 Å². The molecule has 1 heterocycles. The van der Waals surface area contributed by atoms with Crippen LogP contribution in [0.4, 0.5) is 0 Å². The predicted molar refractivity (Wildman–Crippen MR) is 68.2 cm³/mol. The lowest BCUT2D eigenvalue weighted by Crippen LogP contribution is -2.34. The molecule has 0 amide bonds. The Bertz CT molecular complexity index is 559. The molecule has 0 aliphatic heterocycles. The van der Waals surface area contributed by atoms with E-state index in [1.807, 2.05) is 20.8 Å². The first kappa shape index (κ1) is 14.6. The molecule has 0 unspecified atom stereocenters. The van der Waals surface area contributed by atoms with Crippen LogP contribution in [0.1, 0.15) is 32.9 Å². The second-order valence-electron chi connectivity index (χ2n) is 4.80. The zero-order chi connectivity index (χ0) is 13.8. The van der Waals surface area contributed by atoms with Crippen molar-refractivity contribution in [2.45, 2.75) is 32.1 Å². The Morgan fingerprint density at radius 1 is 1.50 bits per heavy atom. The van der Waals surface area contributed by atoms with E-state index < -0.39 is 10.0 Å². The molecule has 1 aromatic rings. The van der Waals surface area contributed by atoms with Crippen molar-refractivity contribution in [2.24, 2.45) is 5.41 Å². The van der Waals surface area contributed by atoms with Gasteiger partial charge in [-0.1, -0.05) is 20.8 Å². The highest BCUT2D eigenvalue weighted by atomic mass is 32.2. The summed E-state index contributed by atoms with van der Waals surface area (Å²) in [4.78, 5) is 3.68. The van der Waals surface area contributed by atoms with Crippen LogP contribution >= 0.6 is 0 Å². The van der Waals surface area contributed by atoms with Gasteiger partial charge in [-0.05, 0) is 24.0 Å². The summed E-state index contributed by atoms with van der Waals surface area (Å²) in [6, 6.07) is 4.66. The molecule has 18 heavy (non-hydrogen) atoms. The van der Waals surface area contributed by atoms with E-state index in [0.717, 1.165) is 6.42 Å². The van der Waals surface area contributed by atoms with E-state index >= 15 is 0 Å². The van der Waals surface area contributed by atoms with Crippen LogP contribution in [0.15, 0.2) is 23.2 Å². The number of nitrogens with one attached hydrogen (secondary N) is 1. The minimum Gasteiger partial charge on any atom is -0.244 e. The number of nitrogens with zero attached hydrogens (tertiary/aromatic N) is 2. The van der Waals surface area contributed by atoms with Crippen LogP contribution in [0.25, 0.3) is 0 Å². The van der Waals surface area contributed by atoms with Crippen LogP contribution in [0.3, 0.4) is 0 Å². The van der Waals surface area contributed by atoms with Crippen molar-refractivity contribution in [3.63, 3.8) is 0 Å². The molecule has 0 aliphatic rings. The third kappa shape index (κ3) is 3.52. The Balaban J connectivity index is 2.98. The molecule has 0 aliphatic carbocycles. The molecule has 0 saturated carbocycles. The average Bonchev–Trinajstić information content (AvgIpc) is 2.37. The Morgan fingerprint density at radius 2 is 2.17 bits per heavy atom. The van der Waals surface area contributed by atoms with Crippen LogP contribution in [0.2, 0.25) is 0 Å². The molecule has 0 aromatic carbocycles. The summed E-state index contributed by atoms with van der Waals surface area (Å²) in [5, 5.41) is 8.85. The molecule has 6 heteroatoms. The van der Waals surface area contributed by atoms with Gasteiger partial charge in [-0.25, -0.2) is 18.1 Å². The van der Waals surface area contributed by atoms with E-state index in [0.29, 0.717) is 6.54 Å². The summed E-state index contributed by atoms with van der Waals surface area (Å²) in [6.45, 7) is 6.28. The Morgan fingerprint density at radius 3 is 2.72 bits per heavy atom. The summed E-state index contributed by atoms with van der Waals surface area (Å²) in [6.07, 6.45) is 2.25. The maximum atomic E-state index is 12.1. The molecule has 0 radical (unpaired) electrons. The Kier molecular flexibility index (Phi) is 4.43. The molecule has 98 valence electrons. The highest BCUT2D eigenvalue weighted by molar-refractivity contribution is 7.89. The third-order valence-electron chi connectivity index (χ3n) is 2.86. The van der Waals surface area contributed by atoms with E-state index in [-0.39, 0.29) is 16.0 Å². The van der Waals surface area contributed by atoms with Gasteiger partial charge in [-0.3, -0.25) is 0 Å². The number of pyridine rings is 1. The second-order valence-corrected chi connectivity index (χ2v) is 6.54. The van der Waals surface area contributed by atoms with Crippen LogP contribution in [0, 0.1) is 16.7 Å². The van der Waals surface area contributed by atoms with Gasteiger partial charge in [-0.2, -0.15) is 5.26 Å². The van der Waals surface area contributed by atoms with Gasteiger partial charge in [0.25, 0.3) is 0 Å². The van der Waals surface area contributed by atoms with E-state index in [1.165, 1.54) is 18.3 Å². The first-order valence-electron chi connectivity index (χ1n) is 5.67. The molecule has 1 rings (SSSR count). The predicted octanol–water partition coefficient (Wildman–Crippen LogP) is 1.67. The molecular formula is C12H17N3O2S. The topological polar surface area (TPSA) is 82.8 Å². The zero-order valence-corrected chi connectivity index (χ0v) is 11.6. The van der Waals surface area contributed by atoms with Crippen LogP contribution in [-0.2, 0) is 10.0 Å². The van der Waals surface area contributed by atoms with Crippen LogP contribution < -0.4 is 4.72 Å². The van der Waals surface area contributed by atoms with E-state index in [4.69, 9.17) is 5.26 Å². The quantitative estimate of drug-likeness (QED) is 0.879. The number of hydrogen-bond acceptors (Lipinski definition) is 4. The largest absolute Gasteiger partial charge is 0.244 e. The Labute approximate surface area is 108 Å². The minimum absolute atomic E-state index is 0.0700. The van der Waals surface area contributed by atoms with Crippen molar-refractivity contribution in [3.8, 4) is 6.07 Å². The molecule has 1 aromatic heterocycles. The summed E-state index contributed by atoms with van der Waals surface area (Å²) in [5.74, 6) is 0. The van der Waals surface area contributed by atoms with Crippen molar-refractivity contribution in [2.75, 3.05) is 6.54 Å². The molecule has 0 fully saturated rings. The number of hydrogen-bond donors (Lipinski definition) is 1. The molecule has 5 nitrogen and oxygen atoms in total. The standard InChI is InChI=1S/C12H17N3O2S/c1-4-12(2,3)9-15-18(16,17)11-6-5-7-14-10(11)8-13/h5-7,15H,4,9H2,1-3H3. The first-order chi connectivity index (χ1) is 8.32. The lowest BCUT2D eigenvalue weighted by molar-refractivity contribution is 0.350. The van der Waals surface area contributed by atoms with Crippen LogP contribution in [0.5, 0.6) is 0 Å². The molecule has 0 bridgehead atoms. The van der Waals surface area contributed by atoms with E-state index in [1.54, 1.807) is 6.07 Å². The van der Waals surface area contributed by atoms with E-state index in [9.17, 15) is 8.42 Å². The van der Waals surface area contributed by atoms with Crippen molar-refractivity contribution in [1.82, 2.24) is 9.71 Å². The maximum Gasteiger partial charge on any atom is 0.243 e. The van der Waals surface area contributed by atoms with Gasteiger partial charge >= 0.3 is 0 Å². The van der Waals surface area contributed by atoms with Crippen molar-refractivity contribution in [3.05, 3.63) is 24.0 Å². The molecule has 1 N–H and O–H groups in total. The highest BCUT2D eigenvalue weighted by Gasteiger charge is 2.23. The van der Waals surface area contributed by atoms with Gasteiger partial charge < -0.3 is 0 Å². The first-order valence-corrected chi connectivity index (χ1v) is 7.15. The minimum atomic E-state index is -3.68. The third-order valence-corrected chi connectivity index (χ3v) is 4.30. The molecule has 0 atom stereocenters. The van der Waals surface area contributed by atoms with Gasteiger partial charge in [0.15, 0.2) is 5.69 Å². The Hall–Kier alpha value is -1.45. The second kappa shape index (κ2) is 5.46. The number of rotatable bonds is 5. The molecular weight excluding hydrogens is 250 g/mol. The van der Waals surface area contributed by atoms with Gasteiger partial charge in [0.2, 0.25) is 10.0 Å². The number of nitriles is 1. The van der Waals surface area contributed by atoms with Gasteiger partial charge in [0, 0.05) is 12.7 Å². The van der Waals surface area contributed by atoms with Gasteiger partial charge in [0.1, 0.15) is 11.0 Å². The monoisotopic (exact) mass is 267 g/mol. The zero-order valence-electron chi connectivity index (χ0n) is 10.8. The lowest BCUT2D eigenvalue weighted by atomic mass is 9.91. The smallest absolute Gasteiger partial charge is 0.243 e. The van der Waals surface area contributed by atoms with Crippen molar-refractivity contribution in [1.29, 1.82) is 5.26 Å². The fourth-order valence-corrected chi connectivity index (χ4v) is 2.53. The average molecular weight is 267 g/mol. The van der Waals surface area contributed by atoms with Crippen molar-refractivity contribution >= 4 is 10.0 Å². The van der Waals surface area contributed by atoms with Gasteiger partial charge in [0.05, 0.1) is 0 Å². The highest BCUT2D eigenvalue weighted by Crippen LogP contribution is 2.19. The lowest BCUT2D eigenvalue weighted by Gasteiger charge is -2.22. The van der Waals surface area contributed by atoms with Gasteiger partial charge in [-0.15, -0.1) is 0 Å². The van der Waals surface area contributed by atoms with E-state index in [2.05, 4.69) is 9.71 Å². The SMILES string of the molecule is CCC(C)(C)CNS(=O)(=O)c1cccnc1C#N. The fourth-order valence-electron chi connectivity index (χ4n) is 1.18. The summed E-state index contributed by atoms with van der Waals surface area (Å²) >= 11 is 0. The number of sulfonamides is 1. The summed E-state index contributed by atoms with van der Waals surface area (Å²) < 4.78 is 26.7. The molecule has 0 saturated heterocycles. The molecule has 0 spiro atoms. The fraction of sp³-hybridized carbons (Fsp3) is 0.500. The maximum absolute atomic E-state index is 12.1. The van der Waals surface area contributed by atoms with Crippen LogP contribution in [-0.4, -0.2) is 19.9 Å². The summed E-state index contributed by atoms with van der Waals surface area (Å²) in [7, 11) is -3.68.